The van der Waals surface area contributed by atoms with Crippen molar-refractivity contribution in [3.05, 3.63) is 0 Å². The maximum Gasteiger partial charge on any atom is 0.229 e. The molecule has 1 aliphatic rings. The van der Waals surface area contributed by atoms with E-state index in [4.69, 9.17) is 0 Å². The molecule has 0 saturated heterocycles. The normalized spacial score (nSPS) is 17.6. The molecule has 0 spiro atoms. The predicted molar refractivity (Wildman–Crippen MR) is 114 cm³/mol. The van der Waals surface area contributed by atoms with Crippen LogP contribution < -0.4 is 5.32 Å². The molecule has 0 bridgehead atoms. The summed E-state index contributed by atoms with van der Waals surface area (Å²) in [5, 5.41) is 13.5. The first-order chi connectivity index (χ1) is 13.0. The van der Waals surface area contributed by atoms with Crippen molar-refractivity contribution in [2.45, 2.75) is 110 Å². The molecule has 5 heteroatoms. The Labute approximate surface area is 167 Å². The summed E-state index contributed by atoms with van der Waals surface area (Å²) in [7, 11) is 0. The second-order valence-electron chi connectivity index (χ2n) is 8.09. The molecule has 5 nitrogen and oxygen atoms in total. The van der Waals surface area contributed by atoms with E-state index in [1.165, 1.54) is 57.8 Å². The molecule has 2 unspecified atom stereocenters. The number of hydrogen-bond acceptors (Lipinski definition) is 4. The molecule has 1 heterocycles. The zero-order valence-electron chi connectivity index (χ0n) is 18.0. The van der Waals surface area contributed by atoms with Crippen molar-refractivity contribution in [3.8, 4) is 0 Å². The van der Waals surface area contributed by atoms with Crippen molar-refractivity contribution in [2.75, 3.05) is 19.6 Å². The van der Waals surface area contributed by atoms with Crippen LogP contribution >= 0.6 is 0 Å². The summed E-state index contributed by atoms with van der Waals surface area (Å²) in [4.78, 5) is 18.4. The molecule has 0 aromatic carbocycles. The molecule has 0 aromatic rings. The molecule has 158 valence electrons. The third-order valence-corrected chi connectivity index (χ3v) is 5.46. The van der Waals surface area contributed by atoms with Gasteiger partial charge in [-0.25, -0.2) is 0 Å². The van der Waals surface area contributed by atoms with Crippen molar-refractivity contribution in [2.24, 2.45) is 4.99 Å². The highest BCUT2D eigenvalue weighted by atomic mass is 16.3. The zero-order valence-corrected chi connectivity index (χ0v) is 18.0. The number of hydrogen-bond donors (Lipinski definition) is 2. The van der Waals surface area contributed by atoms with Crippen LogP contribution in [-0.2, 0) is 4.79 Å². The van der Waals surface area contributed by atoms with Gasteiger partial charge in [-0.15, -0.1) is 0 Å². The van der Waals surface area contributed by atoms with Gasteiger partial charge in [0.25, 0.3) is 0 Å². The van der Waals surface area contributed by atoms with Crippen LogP contribution in [0.25, 0.3) is 0 Å². The van der Waals surface area contributed by atoms with Gasteiger partial charge in [0.15, 0.2) is 0 Å². The summed E-state index contributed by atoms with van der Waals surface area (Å²) in [6.07, 6.45) is 14.0. The van der Waals surface area contributed by atoms with Crippen LogP contribution in [0.3, 0.4) is 0 Å². The molecule has 1 aliphatic heterocycles. The molecule has 27 heavy (non-hydrogen) atoms. The number of amides is 1. The molecule has 2 atom stereocenters. The van der Waals surface area contributed by atoms with Gasteiger partial charge in [0.05, 0.1) is 25.2 Å². The average molecular weight is 382 g/mol. The molecule has 0 fully saturated rings. The number of rotatable bonds is 15. The molecule has 1 rings (SSSR count). The summed E-state index contributed by atoms with van der Waals surface area (Å²) >= 11 is 0. The molecule has 1 amide bonds. The minimum absolute atomic E-state index is 0.0547. The minimum Gasteiger partial charge on any atom is -0.392 e. The Kier molecular flexibility index (Phi) is 13.4. The van der Waals surface area contributed by atoms with Crippen LogP contribution in [0.2, 0.25) is 0 Å². The van der Waals surface area contributed by atoms with E-state index in [-0.39, 0.29) is 18.2 Å². The molecule has 0 saturated carbocycles. The second kappa shape index (κ2) is 15.0. The van der Waals surface area contributed by atoms with Gasteiger partial charge in [0, 0.05) is 18.8 Å². The number of aliphatic hydroxyl groups excluding tert-OH is 1. The van der Waals surface area contributed by atoms with Crippen LogP contribution in [0.1, 0.15) is 97.8 Å². The molecular weight excluding hydrogens is 338 g/mol. The lowest BCUT2D eigenvalue weighted by Gasteiger charge is -2.29. The monoisotopic (exact) mass is 381 g/mol. The standard InChI is InChI=1S/C22H43N3O2/c1-4-5-6-7-8-9-10-11-12-13-14-21(26)18-24-20(3)25-16-15-23-19(2)17-22(25)27/h20-21,24,26H,4-18H2,1-3H3. The zero-order chi connectivity index (χ0) is 19.9. The highest BCUT2D eigenvalue weighted by molar-refractivity contribution is 6.00. The van der Waals surface area contributed by atoms with E-state index in [0.29, 0.717) is 26.1 Å². The quantitative estimate of drug-likeness (QED) is 0.416. The fraction of sp³-hybridized carbons (Fsp3) is 0.909. The predicted octanol–water partition coefficient (Wildman–Crippen LogP) is 4.29. The number of carbonyl (C=O) groups excluding carboxylic acids is 1. The Morgan fingerprint density at radius 2 is 1.67 bits per heavy atom. The van der Waals surface area contributed by atoms with Crippen LogP contribution in [0.15, 0.2) is 4.99 Å². The Balaban J connectivity index is 2.02. The maximum absolute atomic E-state index is 12.2. The van der Waals surface area contributed by atoms with Gasteiger partial charge in [0.1, 0.15) is 0 Å². The van der Waals surface area contributed by atoms with Crippen molar-refractivity contribution >= 4 is 11.6 Å². The van der Waals surface area contributed by atoms with E-state index < -0.39 is 0 Å². The Morgan fingerprint density at radius 1 is 1.07 bits per heavy atom. The van der Waals surface area contributed by atoms with Gasteiger partial charge < -0.3 is 10.0 Å². The van der Waals surface area contributed by atoms with Gasteiger partial charge in [0.2, 0.25) is 5.91 Å². The van der Waals surface area contributed by atoms with E-state index in [0.717, 1.165) is 18.6 Å². The van der Waals surface area contributed by atoms with Crippen LogP contribution in [0.4, 0.5) is 0 Å². The number of carbonyl (C=O) groups is 1. The van der Waals surface area contributed by atoms with Gasteiger partial charge >= 0.3 is 0 Å². The lowest BCUT2D eigenvalue weighted by molar-refractivity contribution is -0.132. The van der Waals surface area contributed by atoms with Crippen molar-refractivity contribution in [3.63, 3.8) is 0 Å². The molecule has 2 N–H and O–H groups in total. The summed E-state index contributed by atoms with van der Waals surface area (Å²) in [5.41, 5.74) is 0.913. The van der Waals surface area contributed by atoms with Crippen molar-refractivity contribution in [1.82, 2.24) is 10.2 Å². The fourth-order valence-electron chi connectivity index (χ4n) is 3.65. The second-order valence-corrected chi connectivity index (χ2v) is 8.09. The number of unbranched alkanes of at least 4 members (excludes halogenated alkanes) is 9. The number of aliphatic hydroxyl groups is 1. The summed E-state index contributed by atoms with van der Waals surface area (Å²) in [6, 6.07) is 0. The Hall–Kier alpha value is -0.940. The van der Waals surface area contributed by atoms with E-state index in [1.807, 2.05) is 18.7 Å². The van der Waals surface area contributed by atoms with Crippen LogP contribution in [0.5, 0.6) is 0 Å². The maximum atomic E-state index is 12.2. The highest BCUT2D eigenvalue weighted by Crippen LogP contribution is 2.12. The topological polar surface area (TPSA) is 64.9 Å². The Bertz CT molecular complexity index is 426. The minimum atomic E-state index is -0.332. The third-order valence-electron chi connectivity index (χ3n) is 5.46. The lowest BCUT2D eigenvalue weighted by atomic mass is 10.0. The van der Waals surface area contributed by atoms with Crippen molar-refractivity contribution in [1.29, 1.82) is 0 Å². The van der Waals surface area contributed by atoms with Gasteiger partial charge in [-0.1, -0.05) is 71.1 Å². The first-order valence-electron chi connectivity index (χ1n) is 11.3. The summed E-state index contributed by atoms with van der Waals surface area (Å²) in [6.45, 7) is 8.03. The number of nitrogens with one attached hydrogen (secondary N) is 1. The Morgan fingerprint density at radius 3 is 2.30 bits per heavy atom. The van der Waals surface area contributed by atoms with E-state index in [2.05, 4.69) is 17.2 Å². The summed E-state index contributed by atoms with van der Waals surface area (Å²) < 4.78 is 0. The van der Waals surface area contributed by atoms with Crippen LogP contribution in [-0.4, -0.2) is 53.5 Å². The average Bonchev–Trinajstić information content (AvgIpc) is 2.81. The lowest BCUT2D eigenvalue weighted by Crippen LogP contribution is -2.49. The first kappa shape index (κ1) is 24.1. The third kappa shape index (κ3) is 11.5. The van der Waals surface area contributed by atoms with Gasteiger partial charge in [-0.05, 0) is 20.3 Å². The number of aliphatic imine (C=N–C) groups is 1. The number of nitrogens with zero attached hydrogens (tertiary/aromatic N) is 2. The van der Waals surface area contributed by atoms with E-state index in [9.17, 15) is 9.90 Å². The largest absolute Gasteiger partial charge is 0.392 e. The molecule has 0 radical (unpaired) electrons. The van der Waals surface area contributed by atoms with E-state index in [1.54, 1.807) is 0 Å². The van der Waals surface area contributed by atoms with Gasteiger partial charge in [-0.2, -0.15) is 0 Å². The first-order valence-corrected chi connectivity index (χ1v) is 11.3. The van der Waals surface area contributed by atoms with Crippen molar-refractivity contribution < 1.29 is 9.90 Å². The fourth-order valence-corrected chi connectivity index (χ4v) is 3.65. The SMILES string of the molecule is CCCCCCCCCCCCC(O)CNC(C)N1CCN=C(C)CC1=O. The van der Waals surface area contributed by atoms with Crippen LogP contribution in [0, 0.1) is 0 Å². The molecule has 0 aromatic heterocycles. The smallest absolute Gasteiger partial charge is 0.229 e. The summed E-state index contributed by atoms with van der Waals surface area (Å²) in [5.74, 6) is 0.123. The van der Waals surface area contributed by atoms with E-state index >= 15 is 0 Å². The molecular formula is C22H43N3O2. The highest BCUT2D eigenvalue weighted by Gasteiger charge is 2.22. The molecule has 0 aliphatic carbocycles. The van der Waals surface area contributed by atoms with Gasteiger partial charge in [-0.3, -0.25) is 15.1 Å².